The number of phenolic OH excluding ortho intramolecular Hbond substituents is 1. The van der Waals surface area contributed by atoms with Crippen molar-refractivity contribution in [3.63, 3.8) is 0 Å². The number of aromatic nitrogens is 1. The molecule has 1 N–H and O–H groups in total. The second kappa shape index (κ2) is 4.94. The molecule has 1 aromatic heterocycles. The van der Waals surface area contributed by atoms with Gasteiger partial charge in [0.1, 0.15) is 5.75 Å². The molecule has 0 atom stereocenters. The van der Waals surface area contributed by atoms with Gasteiger partial charge in [-0.15, -0.1) is 0 Å². The van der Waals surface area contributed by atoms with Crippen LogP contribution in [0.15, 0.2) is 72.9 Å². The molecule has 0 saturated heterocycles. The predicted octanol–water partition coefficient (Wildman–Crippen LogP) is 4.12. The van der Waals surface area contributed by atoms with Crippen molar-refractivity contribution >= 4 is 0 Å². The number of nitrogens with zero attached hydrogens (tertiary/aromatic N) is 1. The van der Waals surface area contributed by atoms with Crippen LogP contribution in [0.3, 0.4) is 0 Å². The number of aromatic hydroxyl groups is 1. The first-order valence-electron chi connectivity index (χ1n) is 6.15. The third kappa shape index (κ3) is 2.20. The zero-order chi connectivity index (χ0) is 13.1. The molecule has 92 valence electrons. The standard InChI is InChI=1S/C17H13NO/c19-16-11-6-9-14(13-7-2-1-3-8-13)17(16)15-10-4-5-12-18-15/h1-12,19H. The summed E-state index contributed by atoms with van der Waals surface area (Å²) in [6, 6.07) is 21.2. The molecule has 0 unspecified atom stereocenters. The van der Waals surface area contributed by atoms with Crippen molar-refractivity contribution in [3.05, 3.63) is 72.9 Å². The van der Waals surface area contributed by atoms with Gasteiger partial charge in [0.15, 0.2) is 0 Å². The highest BCUT2D eigenvalue weighted by atomic mass is 16.3. The molecule has 0 aliphatic rings. The Labute approximate surface area is 112 Å². The summed E-state index contributed by atoms with van der Waals surface area (Å²) in [4.78, 5) is 4.34. The van der Waals surface area contributed by atoms with Crippen molar-refractivity contribution in [2.24, 2.45) is 0 Å². The average molecular weight is 247 g/mol. The lowest BCUT2D eigenvalue weighted by atomic mass is 9.96. The minimum Gasteiger partial charge on any atom is -0.507 e. The Morgan fingerprint density at radius 2 is 1.53 bits per heavy atom. The van der Waals surface area contributed by atoms with Gasteiger partial charge in [-0.25, -0.2) is 0 Å². The van der Waals surface area contributed by atoms with Crippen LogP contribution in [0.2, 0.25) is 0 Å². The summed E-state index contributed by atoms with van der Waals surface area (Å²) >= 11 is 0. The zero-order valence-corrected chi connectivity index (χ0v) is 10.3. The Morgan fingerprint density at radius 3 is 2.26 bits per heavy atom. The van der Waals surface area contributed by atoms with Crippen LogP contribution in [0.1, 0.15) is 0 Å². The van der Waals surface area contributed by atoms with Gasteiger partial charge in [-0.3, -0.25) is 4.98 Å². The molecule has 0 fully saturated rings. The minimum atomic E-state index is 0.250. The van der Waals surface area contributed by atoms with Crippen LogP contribution in [0, 0.1) is 0 Å². The molecule has 1 heterocycles. The topological polar surface area (TPSA) is 33.1 Å². The predicted molar refractivity (Wildman–Crippen MR) is 76.8 cm³/mol. The lowest BCUT2D eigenvalue weighted by Crippen LogP contribution is -1.88. The molecule has 19 heavy (non-hydrogen) atoms. The van der Waals surface area contributed by atoms with E-state index in [0.29, 0.717) is 0 Å². The SMILES string of the molecule is Oc1cccc(-c2ccccc2)c1-c1ccccn1. The van der Waals surface area contributed by atoms with Gasteiger partial charge < -0.3 is 5.11 Å². The zero-order valence-electron chi connectivity index (χ0n) is 10.3. The third-order valence-electron chi connectivity index (χ3n) is 3.05. The molecule has 0 bridgehead atoms. The van der Waals surface area contributed by atoms with Crippen LogP contribution >= 0.6 is 0 Å². The van der Waals surface area contributed by atoms with Gasteiger partial charge in [-0.2, -0.15) is 0 Å². The Bertz CT molecular complexity index is 678. The number of hydrogen-bond donors (Lipinski definition) is 1. The van der Waals surface area contributed by atoms with Crippen LogP contribution in [-0.2, 0) is 0 Å². The second-order valence-corrected chi connectivity index (χ2v) is 4.28. The third-order valence-corrected chi connectivity index (χ3v) is 3.05. The number of pyridine rings is 1. The quantitative estimate of drug-likeness (QED) is 0.738. The van der Waals surface area contributed by atoms with E-state index in [9.17, 15) is 5.11 Å². The monoisotopic (exact) mass is 247 g/mol. The van der Waals surface area contributed by atoms with Crippen LogP contribution in [0.5, 0.6) is 5.75 Å². The lowest BCUT2D eigenvalue weighted by molar-refractivity contribution is 0.477. The van der Waals surface area contributed by atoms with Gasteiger partial charge in [0, 0.05) is 11.8 Å². The summed E-state index contributed by atoms with van der Waals surface area (Å²) in [5.41, 5.74) is 3.60. The Kier molecular flexibility index (Phi) is 2.99. The highest BCUT2D eigenvalue weighted by Crippen LogP contribution is 2.37. The molecule has 2 heteroatoms. The molecule has 0 amide bonds. The minimum absolute atomic E-state index is 0.250. The summed E-state index contributed by atoms with van der Waals surface area (Å²) in [6.07, 6.45) is 1.73. The summed E-state index contributed by atoms with van der Waals surface area (Å²) in [6.45, 7) is 0. The van der Waals surface area contributed by atoms with E-state index in [4.69, 9.17) is 0 Å². The molecule has 3 aromatic rings. The van der Waals surface area contributed by atoms with Gasteiger partial charge in [0.2, 0.25) is 0 Å². The number of phenols is 1. The summed E-state index contributed by atoms with van der Waals surface area (Å²) < 4.78 is 0. The summed E-state index contributed by atoms with van der Waals surface area (Å²) in [5.74, 6) is 0.250. The molecular formula is C17H13NO. The fourth-order valence-electron chi connectivity index (χ4n) is 2.18. The summed E-state index contributed by atoms with van der Waals surface area (Å²) in [5, 5.41) is 10.2. The van der Waals surface area contributed by atoms with E-state index in [1.165, 1.54) is 0 Å². The normalized spacial score (nSPS) is 10.3. The fraction of sp³-hybridized carbons (Fsp3) is 0. The Hall–Kier alpha value is -2.61. The van der Waals surface area contributed by atoms with Crippen molar-refractivity contribution < 1.29 is 5.11 Å². The van der Waals surface area contributed by atoms with Crippen LogP contribution in [0.25, 0.3) is 22.4 Å². The maximum Gasteiger partial charge on any atom is 0.125 e. The highest BCUT2D eigenvalue weighted by Gasteiger charge is 2.12. The van der Waals surface area contributed by atoms with E-state index >= 15 is 0 Å². The first-order valence-corrected chi connectivity index (χ1v) is 6.15. The smallest absolute Gasteiger partial charge is 0.125 e. The number of hydrogen-bond acceptors (Lipinski definition) is 2. The fourth-order valence-corrected chi connectivity index (χ4v) is 2.18. The second-order valence-electron chi connectivity index (χ2n) is 4.28. The van der Waals surface area contributed by atoms with E-state index in [1.54, 1.807) is 12.3 Å². The first-order chi connectivity index (χ1) is 9.36. The molecule has 2 nitrogen and oxygen atoms in total. The molecule has 0 radical (unpaired) electrons. The molecule has 0 saturated carbocycles. The van der Waals surface area contributed by atoms with E-state index in [1.807, 2.05) is 60.7 Å². The van der Waals surface area contributed by atoms with Crippen LogP contribution < -0.4 is 0 Å². The van der Waals surface area contributed by atoms with Gasteiger partial charge >= 0.3 is 0 Å². The van der Waals surface area contributed by atoms with E-state index in [0.717, 1.165) is 22.4 Å². The lowest BCUT2D eigenvalue weighted by Gasteiger charge is -2.11. The van der Waals surface area contributed by atoms with Crippen molar-refractivity contribution in [1.82, 2.24) is 4.98 Å². The highest BCUT2D eigenvalue weighted by molar-refractivity contribution is 5.85. The molecule has 0 aliphatic heterocycles. The van der Waals surface area contributed by atoms with E-state index in [-0.39, 0.29) is 5.75 Å². The van der Waals surface area contributed by atoms with Crippen molar-refractivity contribution in [3.8, 4) is 28.1 Å². The molecule has 0 aliphatic carbocycles. The maximum atomic E-state index is 10.2. The van der Waals surface area contributed by atoms with Gasteiger partial charge in [-0.05, 0) is 29.3 Å². The largest absolute Gasteiger partial charge is 0.507 e. The number of rotatable bonds is 2. The first kappa shape index (κ1) is 11.5. The van der Waals surface area contributed by atoms with Crippen molar-refractivity contribution in [1.29, 1.82) is 0 Å². The van der Waals surface area contributed by atoms with E-state index < -0.39 is 0 Å². The Balaban J connectivity index is 2.25. The van der Waals surface area contributed by atoms with Crippen molar-refractivity contribution in [2.45, 2.75) is 0 Å². The summed E-state index contributed by atoms with van der Waals surface area (Å²) in [7, 11) is 0. The van der Waals surface area contributed by atoms with Gasteiger partial charge in [0.25, 0.3) is 0 Å². The van der Waals surface area contributed by atoms with Gasteiger partial charge in [0.05, 0.1) is 5.69 Å². The molecule has 0 spiro atoms. The average Bonchev–Trinajstić information content (AvgIpc) is 2.49. The van der Waals surface area contributed by atoms with E-state index in [2.05, 4.69) is 4.98 Å². The van der Waals surface area contributed by atoms with Gasteiger partial charge in [-0.1, -0.05) is 48.5 Å². The van der Waals surface area contributed by atoms with Crippen LogP contribution in [0.4, 0.5) is 0 Å². The maximum absolute atomic E-state index is 10.2. The number of benzene rings is 2. The molecule has 2 aromatic carbocycles. The Morgan fingerprint density at radius 1 is 0.737 bits per heavy atom. The van der Waals surface area contributed by atoms with Crippen LogP contribution in [-0.4, -0.2) is 10.1 Å². The van der Waals surface area contributed by atoms with Crippen molar-refractivity contribution in [2.75, 3.05) is 0 Å². The molecular weight excluding hydrogens is 234 g/mol. The molecule has 3 rings (SSSR count).